The quantitative estimate of drug-likeness (QED) is 0.749. The van der Waals surface area contributed by atoms with E-state index in [1.165, 1.54) is 17.6 Å². The van der Waals surface area contributed by atoms with E-state index in [0.717, 1.165) is 5.41 Å². The molecule has 0 aliphatic carbocycles. The molecule has 1 aromatic heterocycles. The van der Waals surface area contributed by atoms with Crippen LogP contribution in [0.15, 0.2) is 33.1 Å². The van der Waals surface area contributed by atoms with Crippen LogP contribution in [0, 0.1) is 0 Å². The molecule has 13 heavy (non-hydrogen) atoms. The summed E-state index contributed by atoms with van der Waals surface area (Å²) in [4.78, 5) is 0. The van der Waals surface area contributed by atoms with Crippen molar-refractivity contribution in [2.75, 3.05) is 0 Å². The van der Waals surface area contributed by atoms with Crippen LogP contribution in [0.5, 0.6) is 5.06 Å². The molecular formula is C7H5NO3S2. The van der Waals surface area contributed by atoms with E-state index in [-0.39, 0.29) is 5.76 Å². The highest BCUT2D eigenvalue weighted by atomic mass is 32.2. The van der Waals surface area contributed by atoms with Crippen molar-refractivity contribution in [3.05, 3.63) is 28.7 Å². The molecule has 1 aliphatic heterocycles. The monoisotopic (exact) mass is 215 g/mol. The highest BCUT2D eigenvalue weighted by Crippen LogP contribution is 2.22. The van der Waals surface area contributed by atoms with Gasteiger partial charge in [0.2, 0.25) is 0 Å². The second-order valence-electron chi connectivity index (χ2n) is 2.30. The summed E-state index contributed by atoms with van der Waals surface area (Å²) in [5, 5.41) is 3.48. The first-order chi connectivity index (χ1) is 6.16. The van der Waals surface area contributed by atoms with Crippen molar-refractivity contribution < 1.29 is 13.2 Å². The second kappa shape index (κ2) is 2.97. The predicted molar refractivity (Wildman–Crippen MR) is 50.4 cm³/mol. The van der Waals surface area contributed by atoms with Gasteiger partial charge in [0.15, 0.2) is 10.8 Å². The lowest BCUT2D eigenvalue weighted by Gasteiger charge is -1.96. The molecule has 1 aliphatic rings. The van der Waals surface area contributed by atoms with Crippen LogP contribution in [-0.4, -0.2) is 14.6 Å². The van der Waals surface area contributed by atoms with E-state index in [2.05, 4.69) is 4.40 Å². The Labute approximate surface area is 79.2 Å². The molecule has 6 heteroatoms. The number of hydrogen-bond donors (Lipinski definition) is 0. The highest BCUT2D eigenvalue weighted by Gasteiger charge is 2.14. The minimum atomic E-state index is -3.41. The van der Waals surface area contributed by atoms with Gasteiger partial charge in [-0.05, 0) is 17.5 Å². The molecular weight excluding hydrogens is 210 g/mol. The maximum Gasteiger partial charge on any atom is 0.279 e. The molecule has 0 unspecified atom stereocenters. The number of nitrogens with zero attached hydrogens (tertiary/aromatic N) is 1. The number of allylic oxidation sites excluding steroid dienone is 1. The zero-order valence-corrected chi connectivity index (χ0v) is 8.01. The molecule has 0 N–H and O–H groups in total. The van der Waals surface area contributed by atoms with E-state index < -0.39 is 10.0 Å². The van der Waals surface area contributed by atoms with Gasteiger partial charge in [-0.25, -0.2) is 0 Å². The van der Waals surface area contributed by atoms with E-state index in [1.54, 1.807) is 6.07 Å². The van der Waals surface area contributed by atoms with Crippen LogP contribution in [0.2, 0.25) is 0 Å². The van der Waals surface area contributed by atoms with Crippen molar-refractivity contribution in [3.8, 4) is 5.06 Å². The fourth-order valence-electron chi connectivity index (χ4n) is 0.821. The van der Waals surface area contributed by atoms with Gasteiger partial charge in [0.05, 0.1) is 11.6 Å². The maximum atomic E-state index is 10.8. The van der Waals surface area contributed by atoms with Gasteiger partial charge in [0, 0.05) is 0 Å². The minimum absolute atomic E-state index is 0.252. The summed E-state index contributed by atoms with van der Waals surface area (Å²) in [7, 11) is -3.41. The van der Waals surface area contributed by atoms with Crippen molar-refractivity contribution in [2.45, 2.75) is 0 Å². The Balaban J connectivity index is 2.19. The second-order valence-corrected chi connectivity index (χ2v) is 4.69. The van der Waals surface area contributed by atoms with Crippen molar-refractivity contribution in [2.24, 2.45) is 4.40 Å². The van der Waals surface area contributed by atoms with Crippen LogP contribution in [-0.2, 0) is 10.0 Å². The van der Waals surface area contributed by atoms with E-state index >= 15 is 0 Å². The Kier molecular flexibility index (Phi) is 1.93. The SMILES string of the molecule is O=S1(=O)C=C(Oc2cccs2)C=N1. The molecule has 0 saturated heterocycles. The summed E-state index contributed by atoms with van der Waals surface area (Å²) < 4.78 is 30.1. The topological polar surface area (TPSA) is 55.7 Å². The van der Waals surface area contributed by atoms with Gasteiger partial charge in [-0.3, -0.25) is 0 Å². The molecule has 4 nitrogen and oxygen atoms in total. The Morgan fingerprint density at radius 1 is 1.46 bits per heavy atom. The molecule has 0 amide bonds. The molecule has 1 aromatic rings. The van der Waals surface area contributed by atoms with Gasteiger partial charge in [-0.1, -0.05) is 0 Å². The zero-order chi connectivity index (χ0) is 9.31. The normalized spacial score (nSPS) is 18.6. The van der Waals surface area contributed by atoms with Gasteiger partial charge in [-0.2, -0.15) is 12.8 Å². The van der Waals surface area contributed by atoms with Gasteiger partial charge in [0.1, 0.15) is 0 Å². The molecule has 0 spiro atoms. The molecule has 0 saturated carbocycles. The molecule has 0 radical (unpaired) electrons. The van der Waals surface area contributed by atoms with Crippen molar-refractivity contribution in [3.63, 3.8) is 0 Å². The summed E-state index contributed by atoms with van der Waals surface area (Å²) in [6.45, 7) is 0. The van der Waals surface area contributed by atoms with E-state index in [1.807, 2.05) is 11.4 Å². The molecule has 68 valence electrons. The zero-order valence-electron chi connectivity index (χ0n) is 6.38. The average Bonchev–Trinajstić information content (AvgIpc) is 2.61. The van der Waals surface area contributed by atoms with Gasteiger partial charge >= 0.3 is 0 Å². The van der Waals surface area contributed by atoms with Crippen molar-refractivity contribution >= 4 is 27.6 Å². The van der Waals surface area contributed by atoms with Crippen LogP contribution in [0.25, 0.3) is 0 Å². The molecule has 2 rings (SSSR count). The summed E-state index contributed by atoms with van der Waals surface area (Å²) >= 11 is 1.39. The van der Waals surface area contributed by atoms with E-state index in [4.69, 9.17) is 4.74 Å². The number of ether oxygens (including phenoxy) is 1. The minimum Gasteiger partial charge on any atom is -0.444 e. The number of sulfonamides is 1. The lowest BCUT2D eigenvalue weighted by atomic mass is 10.6. The van der Waals surface area contributed by atoms with Crippen molar-refractivity contribution in [1.29, 1.82) is 0 Å². The van der Waals surface area contributed by atoms with E-state index in [0.29, 0.717) is 5.06 Å². The summed E-state index contributed by atoms with van der Waals surface area (Å²) in [6, 6.07) is 3.57. The Hall–Kier alpha value is -1.14. The van der Waals surface area contributed by atoms with Crippen LogP contribution >= 0.6 is 11.3 Å². The smallest absolute Gasteiger partial charge is 0.279 e. The number of rotatable bonds is 2. The first-order valence-corrected chi connectivity index (χ1v) is 5.77. The average molecular weight is 215 g/mol. The first-order valence-electron chi connectivity index (χ1n) is 3.39. The Bertz CT molecular complexity index is 456. The summed E-state index contributed by atoms with van der Waals surface area (Å²) in [5.74, 6) is 0.252. The maximum absolute atomic E-state index is 10.8. The summed E-state index contributed by atoms with van der Waals surface area (Å²) in [5.41, 5.74) is 0. The van der Waals surface area contributed by atoms with Gasteiger partial charge < -0.3 is 4.74 Å². The third-order valence-corrected chi connectivity index (χ3v) is 2.98. The van der Waals surface area contributed by atoms with Crippen LogP contribution in [0.3, 0.4) is 0 Å². The van der Waals surface area contributed by atoms with Crippen LogP contribution < -0.4 is 4.74 Å². The largest absolute Gasteiger partial charge is 0.444 e. The Morgan fingerprint density at radius 2 is 2.31 bits per heavy atom. The Morgan fingerprint density at radius 3 is 2.85 bits per heavy atom. The van der Waals surface area contributed by atoms with Crippen LogP contribution in [0.1, 0.15) is 0 Å². The molecule has 0 fully saturated rings. The third kappa shape index (κ3) is 1.96. The third-order valence-electron chi connectivity index (χ3n) is 1.31. The van der Waals surface area contributed by atoms with Gasteiger partial charge in [-0.15, -0.1) is 11.3 Å². The van der Waals surface area contributed by atoms with Crippen LogP contribution in [0.4, 0.5) is 0 Å². The van der Waals surface area contributed by atoms with Gasteiger partial charge in [0.25, 0.3) is 10.0 Å². The predicted octanol–water partition coefficient (Wildman–Crippen LogP) is 1.38. The number of thiophene rings is 1. The van der Waals surface area contributed by atoms with E-state index in [9.17, 15) is 8.42 Å². The van der Waals surface area contributed by atoms with Crippen molar-refractivity contribution in [1.82, 2.24) is 0 Å². The fourth-order valence-corrected chi connectivity index (χ4v) is 2.13. The lowest BCUT2D eigenvalue weighted by Crippen LogP contribution is -1.91. The molecule has 0 aromatic carbocycles. The molecule has 0 atom stereocenters. The fraction of sp³-hybridized carbons (Fsp3) is 0. The molecule has 2 heterocycles. The summed E-state index contributed by atoms with van der Waals surface area (Å²) in [6.07, 6.45) is 1.19. The lowest BCUT2D eigenvalue weighted by molar-refractivity contribution is 0.472. The molecule has 0 bridgehead atoms. The standard InChI is InChI=1S/C7H5NO3S2/c9-13(10)5-6(4-8-13)11-7-2-1-3-12-7/h1-5H. The number of hydrogen-bond acceptors (Lipinski definition) is 4. The first kappa shape index (κ1) is 8.46. The highest BCUT2D eigenvalue weighted by molar-refractivity contribution is 7.93.